The fourth-order valence-corrected chi connectivity index (χ4v) is 5.77. The zero-order valence-corrected chi connectivity index (χ0v) is 24.8. The third-order valence-corrected chi connectivity index (χ3v) is 8.77. The average molecular weight is 586 g/mol. The van der Waals surface area contributed by atoms with Gasteiger partial charge in [0.05, 0.1) is 22.7 Å². The third kappa shape index (κ3) is 7.76. The Morgan fingerprint density at radius 3 is 2.17 bits per heavy atom. The van der Waals surface area contributed by atoms with Gasteiger partial charge in [-0.1, -0.05) is 67.1 Å². The summed E-state index contributed by atoms with van der Waals surface area (Å²) >= 11 is 6.35. The summed E-state index contributed by atoms with van der Waals surface area (Å²) in [5.41, 5.74) is 1.19. The topological polar surface area (TPSA) is 96.0 Å². The van der Waals surface area contributed by atoms with Crippen LogP contribution in [-0.2, 0) is 26.0 Å². The van der Waals surface area contributed by atoms with Crippen LogP contribution in [-0.4, -0.2) is 57.4 Å². The van der Waals surface area contributed by atoms with Gasteiger partial charge in [-0.2, -0.15) is 0 Å². The van der Waals surface area contributed by atoms with Crippen LogP contribution < -0.4 is 14.4 Å². The highest BCUT2D eigenvalue weighted by atomic mass is 35.5. The monoisotopic (exact) mass is 585 g/mol. The van der Waals surface area contributed by atoms with Gasteiger partial charge in [0.1, 0.15) is 18.3 Å². The number of anilines is 1. The number of nitrogens with one attached hydrogen (secondary N) is 1. The molecule has 3 aromatic rings. The number of rotatable bonds is 13. The smallest absolute Gasteiger partial charge is 0.264 e. The Labute approximate surface area is 241 Å². The molecule has 2 amide bonds. The molecular weight excluding hydrogens is 550 g/mol. The van der Waals surface area contributed by atoms with Crippen LogP contribution in [0.3, 0.4) is 0 Å². The van der Waals surface area contributed by atoms with E-state index in [0.717, 1.165) is 16.3 Å². The molecule has 40 heavy (non-hydrogen) atoms. The van der Waals surface area contributed by atoms with E-state index in [1.54, 1.807) is 31.2 Å². The number of hydrogen-bond donors (Lipinski definition) is 1. The minimum atomic E-state index is -4.17. The molecule has 8 nitrogen and oxygen atoms in total. The van der Waals surface area contributed by atoms with E-state index < -0.39 is 28.5 Å². The van der Waals surface area contributed by atoms with Gasteiger partial charge in [0.15, 0.2) is 0 Å². The molecule has 0 bridgehead atoms. The minimum absolute atomic E-state index is 0.0214. The first kappa shape index (κ1) is 31.0. The summed E-state index contributed by atoms with van der Waals surface area (Å²) < 4.78 is 33.9. The lowest BCUT2D eigenvalue weighted by atomic mass is 10.1. The first-order valence-electron chi connectivity index (χ1n) is 13.1. The van der Waals surface area contributed by atoms with Crippen LogP contribution in [0.25, 0.3) is 0 Å². The predicted octanol–water partition coefficient (Wildman–Crippen LogP) is 4.92. The first-order chi connectivity index (χ1) is 19.1. The summed E-state index contributed by atoms with van der Waals surface area (Å²) in [6, 6.07) is 21.1. The average Bonchev–Trinajstić information content (AvgIpc) is 2.96. The minimum Gasteiger partial charge on any atom is -0.495 e. The SMILES string of the molecule is CC[C@@H](C)NC(=O)[C@H](C)N(CCc1ccccc1)C(=O)CN(c1ccc(OC)c(Cl)c1)S(=O)(=O)c1ccccc1. The van der Waals surface area contributed by atoms with Gasteiger partial charge >= 0.3 is 0 Å². The lowest BCUT2D eigenvalue weighted by Gasteiger charge is -2.32. The van der Waals surface area contributed by atoms with Crippen molar-refractivity contribution >= 4 is 39.1 Å². The molecule has 0 radical (unpaired) electrons. The molecular formula is C30H36ClN3O5S. The molecule has 3 aromatic carbocycles. The molecule has 0 aliphatic rings. The van der Waals surface area contributed by atoms with Crippen LogP contribution in [0.1, 0.15) is 32.8 Å². The predicted molar refractivity (Wildman–Crippen MR) is 158 cm³/mol. The van der Waals surface area contributed by atoms with Crippen molar-refractivity contribution in [3.63, 3.8) is 0 Å². The highest BCUT2D eigenvalue weighted by molar-refractivity contribution is 7.92. The summed E-state index contributed by atoms with van der Waals surface area (Å²) in [6.45, 7) is 5.19. The number of methoxy groups -OCH3 is 1. The van der Waals surface area contributed by atoms with E-state index in [2.05, 4.69) is 5.32 Å². The van der Waals surface area contributed by atoms with Gasteiger partial charge in [0.2, 0.25) is 11.8 Å². The number of carbonyl (C=O) groups is 2. The molecule has 0 heterocycles. The molecule has 0 unspecified atom stereocenters. The largest absolute Gasteiger partial charge is 0.495 e. The fraction of sp³-hybridized carbons (Fsp3) is 0.333. The number of benzene rings is 3. The maximum atomic E-state index is 13.9. The quantitative estimate of drug-likeness (QED) is 0.307. The Bertz CT molecular complexity index is 1390. The standard InChI is InChI=1S/C30H36ClN3O5S/c1-5-22(2)32-30(36)23(3)33(19-18-24-12-8-6-9-13-24)29(35)21-34(25-16-17-28(39-4)27(31)20-25)40(37,38)26-14-10-7-11-15-26/h6-17,20,22-23H,5,18-19,21H2,1-4H3,(H,32,36)/t22-,23+/m1/s1. The van der Waals surface area contributed by atoms with Crippen molar-refractivity contribution in [3.8, 4) is 5.75 Å². The van der Waals surface area contributed by atoms with E-state index in [1.165, 1.54) is 36.3 Å². The van der Waals surface area contributed by atoms with E-state index >= 15 is 0 Å². The van der Waals surface area contributed by atoms with E-state index in [4.69, 9.17) is 16.3 Å². The molecule has 0 aliphatic heterocycles. The maximum absolute atomic E-state index is 13.9. The van der Waals surface area contributed by atoms with Crippen molar-refractivity contribution in [1.82, 2.24) is 10.2 Å². The maximum Gasteiger partial charge on any atom is 0.264 e. The molecule has 0 aliphatic carbocycles. The summed E-state index contributed by atoms with van der Waals surface area (Å²) in [5, 5.41) is 3.13. The number of nitrogens with zero attached hydrogens (tertiary/aromatic N) is 2. The number of ether oxygens (including phenoxy) is 1. The van der Waals surface area contributed by atoms with Gasteiger partial charge in [-0.15, -0.1) is 0 Å². The normalized spacial score (nSPS) is 12.7. The summed E-state index contributed by atoms with van der Waals surface area (Å²) in [4.78, 5) is 28.5. The highest BCUT2D eigenvalue weighted by Gasteiger charge is 2.32. The molecule has 10 heteroatoms. The molecule has 2 atom stereocenters. The van der Waals surface area contributed by atoms with Crippen molar-refractivity contribution in [2.75, 3.05) is 24.5 Å². The molecule has 3 rings (SSSR count). The number of carbonyl (C=O) groups excluding carboxylic acids is 2. The lowest BCUT2D eigenvalue weighted by molar-refractivity contribution is -0.139. The Balaban J connectivity index is 2.00. The molecule has 0 saturated heterocycles. The highest BCUT2D eigenvalue weighted by Crippen LogP contribution is 2.32. The van der Waals surface area contributed by atoms with Crippen molar-refractivity contribution < 1.29 is 22.7 Å². The van der Waals surface area contributed by atoms with E-state index in [9.17, 15) is 18.0 Å². The molecule has 0 aromatic heterocycles. The second kappa shape index (κ2) is 14.2. The number of halogens is 1. The lowest BCUT2D eigenvalue weighted by Crippen LogP contribution is -2.53. The van der Waals surface area contributed by atoms with Crippen LogP contribution in [0.15, 0.2) is 83.8 Å². The molecule has 0 saturated carbocycles. The summed E-state index contributed by atoms with van der Waals surface area (Å²) in [6.07, 6.45) is 1.23. The molecule has 1 N–H and O–H groups in total. The first-order valence-corrected chi connectivity index (χ1v) is 14.9. The van der Waals surface area contributed by atoms with Crippen molar-refractivity contribution in [2.24, 2.45) is 0 Å². The van der Waals surface area contributed by atoms with Gasteiger partial charge in [-0.25, -0.2) is 8.42 Å². The van der Waals surface area contributed by atoms with Crippen LogP contribution in [0, 0.1) is 0 Å². The van der Waals surface area contributed by atoms with Gasteiger partial charge < -0.3 is 15.0 Å². The summed E-state index contributed by atoms with van der Waals surface area (Å²) in [7, 11) is -2.71. The van der Waals surface area contributed by atoms with Crippen molar-refractivity contribution in [1.29, 1.82) is 0 Å². The second-order valence-corrected chi connectivity index (χ2v) is 11.7. The van der Waals surface area contributed by atoms with Gasteiger partial charge in [0, 0.05) is 12.6 Å². The van der Waals surface area contributed by atoms with Gasteiger partial charge in [-0.05, 0) is 62.6 Å². The third-order valence-electron chi connectivity index (χ3n) is 6.69. The van der Waals surface area contributed by atoms with Crippen molar-refractivity contribution in [3.05, 3.63) is 89.4 Å². The Morgan fingerprint density at radius 2 is 1.60 bits per heavy atom. The van der Waals surface area contributed by atoms with Crippen LogP contribution in [0.5, 0.6) is 5.75 Å². The van der Waals surface area contributed by atoms with E-state index in [0.29, 0.717) is 12.2 Å². The van der Waals surface area contributed by atoms with Gasteiger partial charge in [0.25, 0.3) is 10.0 Å². The second-order valence-electron chi connectivity index (χ2n) is 9.46. The zero-order chi connectivity index (χ0) is 29.3. The fourth-order valence-electron chi connectivity index (χ4n) is 4.09. The Hall–Kier alpha value is -3.56. The molecule has 0 spiro atoms. The van der Waals surface area contributed by atoms with Crippen LogP contribution in [0.4, 0.5) is 5.69 Å². The van der Waals surface area contributed by atoms with Crippen LogP contribution >= 0.6 is 11.6 Å². The molecule has 214 valence electrons. The molecule has 0 fully saturated rings. The number of sulfonamides is 1. The Morgan fingerprint density at radius 1 is 0.975 bits per heavy atom. The van der Waals surface area contributed by atoms with Crippen molar-refractivity contribution in [2.45, 2.75) is 50.6 Å². The summed E-state index contributed by atoms with van der Waals surface area (Å²) in [5.74, 6) is -0.455. The zero-order valence-electron chi connectivity index (χ0n) is 23.2. The Kier molecular flexibility index (Phi) is 11.0. The van der Waals surface area contributed by atoms with Crippen LogP contribution in [0.2, 0.25) is 5.02 Å². The number of amides is 2. The van der Waals surface area contributed by atoms with E-state index in [-0.39, 0.29) is 34.1 Å². The van der Waals surface area contributed by atoms with Gasteiger partial charge in [-0.3, -0.25) is 13.9 Å². The number of hydrogen-bond acceptors (Lipinski definition) is 5. The van der Waals surface area contributed by atoms with E-state index in [1.807, 2.05) is 44.2 Å².